The molecule has 0 aromatic heterocycles. The fourth-order valence-corrected chi connectivity index (χ4v) is 0.773. The lowest BCUT2D eigenvalue weighted by molar-refractivity contribution is 0.149. The van der Waals surface area contributed by atoms with Crippen molar-refractivity contribution < 1.29 is 9.53 Å². The van der Waals surface area contributed by atoms with Gasteiger partial charge in [0.25, 0.3) is 0 Å². The number of carbonyl (C=O) groups excluding carboxylic acids is 1. The smallest absolute Gasteiger partial charge is 0.410 e. The Morgan fingerprint density at radius 3 is 2.22 bits per heavy atom. The Morgan fingerprint density at radius 2 is 2.11 bits per heavy atom. The van der Waals surface area contributed by atoms with E-state index in [1.165, 1.54) is 7.11 Å². The molecule has 1 aliphatic rings. The van der Waals surface area contributed by atoms with Crippen LogP contribution in [0.5, 0.6) is 0 Å². The Bertz CT molecular complexity index is 142. The maximum absolute atomic E-state index is 10.7. The predicted octanol–water partition coefficient (Wildman–Crippen LogP) is 0.847. The van der Waals surface area contributed by atoms with E-state index >= 15 is 0 Å². The molecule has 52 valence electrons. The number of rotatable bonds is 0. The van der Waals surface area contributed by atoms with Crippen molar-refractivity contribution in [3.05, 3.63) is 0 Å². The molecule has 0 aromatic rings. The lowest BCUT2D eigenvalue weighted by atomic mass is 10.2. The topological polar surface area (TPSA) is 29.3 Å². The molecule has 1 heterocycles. The van der Waals surface area contributed by atoms with Crippen LogP contribution < -0.4 is 0 Å². The molecule has 1 saturated heterocycles. The van der Waals surface area contributed by atoms with Gasteiger partial charge in [0.1, 0.15) is 0 Å². The van der Waals surface area contributed by atoms with E-state index in [4.69, 9.17) is 0 Å². The number of carbonyl (C=O) groups is 1. The molecular weight excluding hydrogens is 118 g/mol. The summed E-state index contributed by atoms with van der Waals surface area (Å²) < 4.78 is 4.50. The zero-order valence-electron chi connectivity index (χ0n) is 5.97. The fraction of sp³-hybridized carbons (Fsp3) is 0.833. The second-order valence-corrected chi connectivity index (χ2v) is 2.87. The molecule has 0 saturated carbocycles. The zero-order valence-corrected chi connectivity index (χ0v) is 5.97. The van der Waals surface area contributed by atoms with Gasteiger partial charge in [0.05, 0.1) is 12.6 Å². The molecule has 0 aliphatic carbocycles. The van der Waals surface area contributed by atoms with E-state index in [0.717, 1.165) is 6.54 Å². The van der Waals surface area contributed by atoms with Gasteiger partial charge in [-0.2, -0.15) is 0 Å². The third-order valence-corrected chi connectivity index (χ3v) is 1.57. The van der Waals surface area contributed by atoms with Crippen LogP contribution in [0, 0.1) is 0 Å². The van der Waals surface area contributed by atoms with Crippen molar-refractivity contribution in [2.75, 3.05) is 13.7 Å². The second kappa shape index (κ2) is 1.62. The highest BCUT2D eigenvalue weighted by atomic mass is 16.5. The van der Waals surface area contributed by atoms with Crippen LogP contribution in [0.15, 0.2) is 0 Å². The summed E-state index contributed by atoms with van der Waals surface area (Å²) in [5.41, 5.74) is 0.0487. The van der Waals surface area contributed by atoms with Gasteiger partial charge in [0.15, 0.2) is 0 Å². The van der Waals surface area contributed by atoms with Crippen LogP contribution in [0.25, 0.3) is 0 Å². The lowest BCUT2D eigenvalue weighted by Gasteiger charge is -2.03. The van der Waals surface area contributed by atoms with E-state index in [0.29, 0.717) is 0 Å². The molecule has 0 bridgehead atoms. The standard InChI is InChI=1S/C6H11NO2/c1-6(2)4-7(6)5(8)9-3/h4H2,1-3H3. The van der Waals surface area contributed by atoms with Crippen LogP contribution in [0.2, 0.25) is 0 Å². The largest absolute Gasteiger partial charge is 0.453 e. The average molecular weight is 129 g/mol. The van der Waals surface area contributed by atoms with Crippen LogP contribution in [-0.2, 0) is 4.74 Å². The van der Waals surface area contributed by atoms with Gasteiger partial charge in [-0.3, -0.25) is 4.90 Å². The van der Waals surface area contributed by atoms with Gasteiger partial charge in [0, 0.05) is 6.54 Å². The van der Waals surface area contributed by atoms with Crippen LogP contribution in [0.1, 0.15) is 13.8 Å². The zero-order chi connectivity index (χ0) is 7.07. The van der Waals surface area contributed by atoms with Gasteiger partial charge in [0.2, 0.25) is 0 Å². The van der Waals surface area contributed by atoms with Crippen molar-refractivity contribution in [3.8, 4) is 0 Å². The van der Waals surface area contributed by atoms with Gasteiger partial charge >= 0.3 is 6.09 Å². The Morgan fingerprint density at radius 1 is 1.67 bits per heavy atom. The minimum atomic E-state index is -0.222. The van der Waals surface area contributed by atoms with Gasteiger partial charge in [-0.15, -0.1) is 0 Å². The molecule has 0 unspecified atom stereocenters. The second-order valence-electron chi connectivity index (χ2n) is 2.87. The average Bonchev–Trinajstić information content (AvgIpc) is 2.38. The Labute approximate surface area is 54.6 Å². The van der Waals surface area contributed by atoms with Gasteiger partial charge in [-0.1, -0.05) is 0 Å². The number of ether oxygens (including phenoxy) is 1. The quantitative estimate of drug-likeness (QED) is 0.454. The molecule has 0 spiro atoms. The van der Waals surface area contributed by atoms with Gasteiger partial charge in [-0.05, 0) is 13.8 Å². The van der Waals surface area contributed by atoms with E-state index in [2.05, 4.69) is 4.74 Å². The minimum absolute atomic E-state index is 0.0487. The van der Waals surface area contributed by atoms with Gasteiger partial charge in [-0.25, -0.2) is 4.79 Å². The molecular formula is C6H11NO2. The summed E-state index contributed by atoms with van der Waals surface area (Å²) in [6.45, 7) is 4.83. The highest BCUT2D eigenvalue weighted by Gasteiger charge is 2.47. The molecule has 1 fully saturated rings. The van der Waals surface area contributed by atoms with Gasteiger partial charge < -0.3 is 4.74 Å². The highest BCUT2D eigenvalue weighted by molar-refractivity contribution is 5.71. The summed E-state index contributed by atoms with van der Waals surface area (Å²) in [4.78, 5) is 12.4. The maximum Gasteiger partial charge on any atom is 0.410 e. The third kappa shape index (κ3) is 0.992. The van der Waals surface area contributed by atoms with Crippen LogP contribution in [-0.4, -0.2) is 30.2 Å². The molecule has 3 nitrogen and oxygen atoms in total. The van der Waals surface area contributed by atoms with Crippen molar-refractivity contribution in [1.29, 1.82) is 0 Å². The van der Waals surface area contributed by atoms with Crippen molar-refractivity contribution in [2.45, 2.75) is 19.4 Å². The number of methoxy groups -OCH3 is 1. The molecule has 9 heavy (non-hydrogen) atoms. The fourth-order valence-electron chi connectivity index (χ4n) is 0.773. The number of hydrogen-bond acceptors (Lipinski definition) is 2. The molecule has 3 heteroatoms. The first-order valence-corrected chi connectivity index (χ1v) is 2.93. The van der Waals surface area contributed by atoms with E-state index in [9.17, 15) is 4.79 Å². The molecule has 1 aliphatic heterocycles. The molecule has 1 amide bonds. The normalized spacial score (nSPS) is 21.4. The first-order valence-electron chi connectivity index (χ1n) is 2.93. The Balaban J connectivity index is 2.42. The van der Waals surface area contributed by atoms with E-state index in [1.807, 2.05) is 13.8 Å². The third-order valence-electron chi connectivity index (χ3n) is 1.57. The van der Waals surface area contributed by atoms with Crippen LogP contribution >= 0.6 is 0 Å². The van der Waals surface area contributed by atoms with E-state index < -0.39 is 0 Å². The summed E-state index contributed by atoms with van der Waals surface area (Å²) in [5, 5.41) is 0. The Kier molecular flexibility index (Phi) is 1.15. The molecule has 1 rings (SSSR count). The summed E-state index contributed by atoms with van der Waals surface area (Å²) in [5.74, 6) is 0. The van der Waals surface area contributed by atoms with Crippen LogP contribution in [0.3, 0.4) is 0 Å². The Hall–Kier alpha value is -0.730. The van der Waals surface area contributed by atoms with Crippen molar-refractivity contribution >= 4 is 6.09 Å². The maximum atomic E-state index is 10.7. The summed E-state index contributed by atoms with van der Waals surface area (Å²) >= 11 is 0. The van der Waals surface area contributed by atoms with E-state index in [1.54, 1.807) is 4.90 Å². The first kappa shape index (κ1) is 6.39. The number of amides is 1. The SMILES string of the molecule is COC(=O)N1CC1(C)C. The molecule has 0 radical (unpaired) electrons. The summed E-state index contributed by atoms with van der Waals surface area (Å²) in [6.07, 6.45) is -0.222. The minimum Gasteiger partial charge on any atom is -0.453 e. The summed E-state index contributed by atoms with van der Waals surface area (Å²) in [6, 6.07) is 0. The monoisotopic (exact) mass is 129 g/mol. The highest BCUT2D eigenvalue weighted by Crippen LogP contribution is 2.30. The summed E-state index contributed by atoms with van der Waals surface area (Å²) in [7, 11) is 1.40. The molecule has 0 atom stereocenters. The first-order chi connectivity index (χ1) is 4.08. The predicted molar refractivity (Wildman–Crippen MR) is 33.2 cm³/mol. The van der Waals surface area contributed by atoms with Crippen LogP contribution in [0.4, 0.5) is 4.79 Å². The van der Waals surface area contributed by atoms with Crippen molar-refractivity contribution in [1.82, 2.24) is 4.90 Å². The van der Waals surface area contributed by atoms with E-state index in [-0.39, 0.29) is 11.6 Å². The van der Waals surface area contributed by atoms with Crippen molar-refractivity contribution in [2.24, 2.45) is 0 Å². The van der Waals surface area contributed by atoms with Crippen molar-refractivity contribution in [3.63, 3.8) is 0 Å². The number of hydrogen-bond donors (Lipinski definition) is 0. The molecule has 0 N–H and O–H groups in total. The molecule has 0 aromatic carbocycles. The number of nitrogens with zero attached hydrogens (tertiary/aromatic N) is 1. The lowest BCUT2D eigenvalue weighted by Crippen LogP contribution is -2.17.